The number of nitrogens with zero attached hydrogens (tertiary/aromatic N) is 1. The van der Waals surface area contributed by atoms with E-state index in [0.29, 0.717) is 30.8 Å². The summed E-state index contributed by atoms with van der Waals surface area (Å²) in [6.45, 7) is 9.91. The molecule has 1 aliphatic rings. The van der Waals surface area contributed by atoms with Gasteiger partial charge < -0.3 is 19.9 Å². The lowest BCUT2D eigenvalue weighted by Crippen LogP contribution is -2.41. The first-order valence-electron chi connectivity index (χ1n) is 12.2. The number of carbonyl (C=O) groups excluding carboxylic acids is 3. The molecule has 36 heavy (non-hydrogen) atoms. The summed E-state index contributed by atoms with van der Waals surface area (Å²) < 4.78 is 7.44. The number of ether oxygens (including phenoxy) is 1. The molecule has 2 N–H and O–H groups in total. The van der Waals surface area contributed by atoms with Crippen LogP contribution in [0.3, 0.4) is 0 Å². The van der Waals surface area contributed by atoms with Gasteiger partial charge in [-0.05, 0) is 70.4 Å². The lowest BCUT2D eigenvalue weighted by atomic mass is 9.97. The van der Waals surface area contributed by atoms with Gasteiger partial charge in [0.1, 0.15) is 11.3 Å². The molecule has 2 amide bonds. The Morgan fingerprint density at radius 2 is 1.81 bits per heavy atom. The summed E-state index contributed by atoms with van der Waals surface area (Å²) >= 11 is 0. The van der Waals surface area contributed by atoms with Crippen LogP contribution in [-0.4, -0.2) is 41.0 Å². The molecular formula is C29H33N3O4. The minimum Gasteiger partial charge on any atom is -0.444 e. The van der Waals surface area contributed by atoms with Gasteiger partial charge in [0.05, 0.1) is 11.7 Å². The largest absolute Gasteiger partial charge is 0.444 e. The second-order valence-corrected chi connectivity index (χ2v) is 10.2. The van der Waals surface area contributed by atoms with Crippen LogP contribution in [0.1, 0.15) is 66.6 Å². The molecule has 2 aromatic carbocycles. The Labute approximate surface area is 211 Å². The Kier molecular flexibility index (Phi) is 7.02. The van der Waals surface area contributed by atoms with Crippen molar-refractivity contribution in [2.24, 2.45) is 0 Å². The van der Waals surface area contributed by atoms with Gasteiger partial charge in [0.15, 0.2) is 5.78 Å². The van der Waals surface area contributed by atoms with Crippen LogP contribution >= 0.6 is 0 Å². The van der Waals surface area contributed by atoms with E-state index in [2.05, 4.69) is 21.3 Å². The minimum atomic E-state index is -0.571. The van der Waals surface area contributed by atoms with Crippen molar-refractivity contribution in [2.45, 2.75) is 52.7 Å². The zero-order valence-electron chi connectivity index (χ0n) is 21.5. The monoisotopic (exact) mass is 487 g/mol. The highest BCUT2D eigenvalue weighted by atomic mass is 16.6. The topological polar surface area (TPSA) is 89.4 Å². The van der Waals surface area contributed by atoms with Gasteiger partial charge in [-0.3, -0.25) is 9.59 Å². The Balaban J connectivity index is 1.77. The van der Waals surface area contributed by atoms with Crippen molar-refractivity contribution in [1.82, 2.24) is 15.2 Å². The highest BCUT2D eigenvalue weighted by Crippen LogP contribution is 2.39. The molecule has 0 saturated heterocycles. The number of alkyl carbamates (subject to hydrolysis) is 1. The average molecular weight is 488 g/mol. The van der Waals surface area contributed by atoms with E-state index in [9.17, 15) is 14.4 Å². The molecule has 1 aromatic heterocycles. The van der Waals surface area contributed by atoms with Crippen molar-refractivity contribution in [3.63, 3.8) is 0 Å². The standard InChI is InChI=1S/C29H33N3O4/c1-18-8-6-11-22(14-18)26-24(21-10-7-9-20(15-21)19(2)33)16-25-27(34)31-17-23(32(25)26)12-13-30-28(35)36-29(3,4)5/h6-11,14-16,23H,12-13,17H2,1-5H3,(H,30,35)(H,31,34). The third-order valence-corrected chi connectivity index (χ3v) is 6.15. The Bertz CT molecular complexity index is 1320. The summed E-state index contributed by atoms with van der Waals surface area (Å²) in [4.78, 5) is 37.2. The number of hydrogen-bond donors (Lipinski definition) is 2. The molecule has 2 heterocycles. The van der Waals surface area contributed by atoms with Gasteiger partial charge in [0.25, 0.3) is 5.91 Å². The first-order chi connectivity index (χ1) is 17.0. The van der Waals surface area contributed by atoms with Crippen molar-refractivity contribution >= 4 is 17.8 Å². The SMILES string of the molecule is CC(=O)c1cccc(-c2cc3n(c2-c2cccc(C)c2)C(CCNC(=O)OC(C)(C)C)CNC3=O)c1. The van der Waals surface area contributed by atoms with Crippen LogP contribution in [0.4, 0.5) is 4.79 Å². The molecular weight excluding hydrogens is 454 g/mol. The van der Waals surface area contributed by atoms with Crippen LogP contribution in [-0.2, 0) is 4.74 Å². The Morgan fingerprint density at radius 1 is 1.08 bits per heavy atom. The van der Waals surface area contributed by atoms with Gasteiger partial charge in [-0.1, -0.05) is 42.0 Å². The van der Waals surface area contributed by atoms with E-state index in [1.165, 1.54) is 0 Å². The number of aromatic nitrogens is 1. The first-order valence-corrected chi connectivity index (χ1v) is 12.2. The summed E-state index contributed by atoms with van der Waals surface area (Å²) in [6.07, 6.45) is 0.142. The lowest BCUT2D eigenvalue weighted by molar-refractivity contribution is 0.0523. The van der Waals surface area contributed by atoms with Gasteiger partial charge in [-0.2, -0.15) is 0 Å². The van der Waals surface area contributed by atoms with Gasteiger partial charge in [0, 0.05) is 24.2 Å². The fraction of sp³-hybridized carbons (Fsp3) is 0.345. The van der Waals surface area contributed by atoms with E-state index < -0.39 is 11.7 Å². The highest BCUT2D eigenvalue weighted by molar-refractivity contribution is 6.00. The van der Waals surface area contributed by atoms with E-state index in [0.717, 1.165) is 27.9 Å². The summed E-state index contributed by atoms with van der Waals surface area (Å²) in [5.41, 5.74) is 5.39. The number of Topliss-reactive ketones (excluding diaryl/α,β-unsaturated/α-hetero) is 1. The minimum absolute atomic E-state index is 0.0123. The van der Waals surface area contributed by atoms with Crippen molar-refractivity contribution in [3.05, 3.63) is 71.4 Å². The van der Waals surface area contributed by atoms with Gasteiger partial charge in [-0.25, -0.2) is 4.79 Å². The zero-order chi connectivity index (χ0) is 26.0. The van der Waals surface area contributed by atoms with Crippen LogP contribution in [0, 0.1) is 6.92 Å². The van der Waals surface area contributed by atoms with Crippen LogP contribution in [0.15, 0.2) is 54.6 Å². The molecule has 0 saturated carbocycles. The molecule has 7 nitrogen and oxygen atoms in total. The molecule has 1 atom stereocenters. The number of hydrogen-bond acceptors (Lipinski definition) is 4. The molecule has 0 spiro atoms. The molecule has 1 aliphatic heterocycles. The molecule has 188 valence electrons. The van der Waals surface area contributed by atoms with Crippen molar-refractivity contribution in [2.75, 3.05) is 13.1 Å². The van der Waals surface area contributed by atoms with Crippen LogP contribution in [0.25, 0.3) is 22.4 Å². The molecule has 3 aromatic rings. The second-order valence-electron chi connectivity index (χ2n) is 10.2. The van der Waals surface area contributed by atoms with Crippen LogP contribution < -0.4 is 10.6 Å². The molecule has 0 aliphatic carbocycles. The highest BCUT2D eigenvalue weighted by Gasteiger charge is 2.31. The maximum absolute atomic E-state index is 13.0. The predicted octanol–water partition coefficient (Wildman–Crippen LogP) is 5.53. The third-order valence-electron chi connectivity index (χ3n) is 6.15. The fourth-order valence-electron chi connectivity index (χ4n) is 4.57. The molecule has 1 unspecified atom stereocenters. The Hall–Kier alpha value is -3.87. The fourth-order valence-corrected chi connectivity index (χ4v) is 4.57. The van der Waals surface area contributed by atoms with E-state index in [1.807, 2.05) is 70.2 Å². The van der Waals surface area contributed by atoms with E-state index in [4.69, 9.17) is 4.74 Å². The average Bonchev–Trinajstić information content (AvgIpc) is 3.21. The maximum Gasteiger partial charge on any atom is 0.407 e. The van der Waals surface area contributed by atoms with Gasteiger partial charge >= 0.3 is 6.09 Å². The van der Waals surface area contributed by atoms with Crippen molar-refractivity contribution < 1.29 is 19.1 Å². The summed E-state index contributed by atoms with van der Waals surface area (Å²) in [5.74, 6) is -0.156. The number of nitrogens with one attached hydrogen (secondary N) is 2. The number of amides is 2. The first kappa shape index (κ1) is 25.2. The van der Waals surface area contributed by atoms with Crippen molar-refractivity contribution in [1.29, 1.82) is 0 Å². The number of fused-ring (bicyclic) bond motifs is 1. The normalized spacial score (nSPS) is 15.1. The number of ketones is 1. The predicted molar refractivity (Wildman–Crippen MR) is 140 cm³/mol. The number of benzene rings is 2. The molecule has 0 bridgehead atoms. The van der Waals surface area contributed by atoms with Crippen LogP contribution in [0.5, 0.6) is 0 Å². The summed E-state index contributed by atoms with van der Waals surface area (Å²) in [6, 6.07) is 17.5. The number of carbonyl (C=O) groups is 3. The summed E-state index contributed by atoms with van der Waals surface area (Å²) in [5, 5.41) is 5.82. The third kappa shape index (κ3) is 5.51. The number of rotatable bonds is 6. The second kappa shape index (κ2) is 10.0. The molecule has 0 fully saturated rings. The quantitative estimate of drug-likeness (QED) is 0.447. The van der Waals surface area contributed by atoms with Crippen LogP contribution in [0.2, 0.25) is 0 Å². The molecule has 0 radical (unpaired) electrons. The zero-order valence-corrected chi connectivity index (χ0v) is 21.5. The summed E-state index contributed by atoms with van der Waals surface area (Å²) in [7, 11) is 0. The lowest BCUT2D eigenvalue weighted by Gasteiger charge is -2.29. The van der Waals surface area contributed by atoms with E-state index in [1.54, 1.807) is 13.0 Å². The van der Waals surface area contributed by atoms with E-state index in [-0.39, 0.29) is 17.7 Å². The maximum atomic E-state index is 13.0. The van der Waals surface area contributed by atoms with E-state index >= 15 is 0 Å². The molecule has 7 heteroatoms. The smallest absolute Gasteiger partial charge is 0.407 e. The molecule has 4 rings (SSSR count). The number of aryl methyl sites for hydroxylation is 1. The van der Waals surface area contributed by atoms with Gasteiger partial charge in [-0.15, -0.1) is 0 Å². The Morgan fingerprint density at radius 3 is 2.50 bits per heavy atom. The van der Waals surface area contributed by atoms with Gasteiger partial charge in [0.2, 0.25) is 0 Å². The van der Waals surface area contributed by atoms with Crippen molar-refractivity contribution in [3.8, 4) is 22.4 Å².